The Bertz CT molecular complexity index is 1270. The van der Waals surface area contributed by atoms with Crippen molar-refractivity contribution in [3.8, 4) is 22.9 Å². The Hall–Kier alpha value is -3.78. The van der Waals surface area contributed by atoms with Crippen LogP contribution in [0.1, 0.15) is 21.7 Å². The van der Waals surface area contributed by atoms with Gasteiger partial charge in [0.05, 0.1) is 10.6 Å². The van der Waals surface area contributed by atoms with Crippen molar-refractivity contribution in [1.29, 1.82) is 0 Å². The Morgan fingerprint density at radius 2 is 1.97 bits per heavy atom. The van der Waals surface area contributed by atoms with E-state index in [9.17, 15) is 13.6 Å². The van der Waals surface area contributed by atoms with Crippen molar-refractivity contribution in [2.75, 3.05) is 0 Å². The summed E-state index contributed by atoms with van der Waals surface area (Å²) in [4.78, 5) is 17.1. The first-order chi connectivity index (χ1) is 15.4. The van der Waals surface area contributed by atoms with Crippen LogP contribution in [0.5, 0.6) is 11.6 Å². The Morgan fingerprint density at radius 3 is 2.75 bits per heavy atom. The number of carbonyl (C=O) groups excluding carboxylic acids is 1. The van der Waals surface area contributed by atoms with Crippen LogP contribution in [0.15, 0.2) is 65.3 Å². The molecule has 32 heavy (non-hydrogen) atoms. The number of hydrogen-bond donors (Lipinski definition) is 1. The summed E-state index contributed by atoms with van der Waals surface area (Å²) in [5, 5.41) is 6.67. The molecule has 0 fully saturated rings. The van der Waals surface area contributed by atoms with Crippen LogP contribution in [0, 0.1) is 18.6 Å². The number of rotatable bonds is 6. The van der Waals surface area contributed by atoms with E-state index in [0.717, 1.165) is 0 Å². The Kier molecular flexibility index (Phi) is 6.13. The van der Waals surface area contributed by atoms with E-state index in [1.54, 1.807) is 25.1 Å². The summed E-state index contributed by atoms with van der Waals surface area (Å²) in [5.41, 5.74) is 0.594. The number of halogens is 3. The summed E-state index contributed by atoms with van der Waals surface area (Å²) in [6, 6.07) is 13.2. The molecule has 2 aromatic heterocycles. The molecule has 0 bridgehead atoms. The highest BCUT2D eigenvalue weighted by Crippen LogP contribution is 2.33. The van der Waals surface area contributed by atoms with Crippen molar-refractivity contribution in [1.82, 2.24) is 15.5 Å². The molecule has 6 nitrogen and oxygen atoms in total. The van der Waals surface area contributed by atoms with E-state index in [1.807, 2.05) is 0 Å². The number of amides is 1. The first-order valence-corrected chi connectivity index (χ1v) is 9.88. The number of pyridine rings is 1. The lowest BCUT2D eigenvalue weighted by atomic mass is 10.0. The first-order valence-electron chi connectivity index (χ1n) is 9.50. The lowest BCUT2D eigenvalue weighted by Gasteiger charge is -2.11. The number of aromatic nitrogens is 2. The normalized spacial score (nSPS) is 10.8. The third-order valence-corrected chi connectivity index (χ3v) is 4.90. The second kappa shape index (κ2) is 9.15. The van der Waals surface area contributed by atoms with Crippen molar-refractivity contribution in [2.24, 2.45) is 0 Å². The van der Waals surface area contributed by atoms with Crippen molar-refractivity contribution < 1.29 is 22.8 Å². The Balaban J connectivity index is 1.57. The second-order valence-electron chi connectivity index (χ2n) is 6.77. The van der Waals surface area contributed by atoms with E-state index >= 15 is 0 Å². The van der Waals surface area contributed by atoms with Gasteiger partial charge in [0.1, 0.15) is 34.4 Å². The molecule has 162 valence electrons. The fraction of sp³-hybridized carbons (Fsp3) is 0.0870. The zero-order valence-corrected chi connectivity index (χ0v) is 17.5. The van der Waals surface area contributed by atoms with Crippen LogP contribution < -0.4 is 10.1 Å². The number of carbonyl (C=O) groups is 1. The van der Waals surface area contributed by atoms with Gasteiger partial charge in [-0.2, -0.15) is 0 Å². The lowest BCUT2D eigenvalue weighted by molar-refractivity contribution is 0.0949. The number of aryl methyl sites for hydroxylation is 1. The van der Waals surface area contributed by atoms with E-state index in [4.69, 9.17) is 20.9 Å². The molecule has 4 aromatic rings. The SMILES string of the molecule is Cc1onc(-c2c(F)cccc2Cl)c1C(=O)NCc1cccnc1Oc1cccc(F)c1. The monoisotopic (exact) mass is 455 g/mol. The van der Waals surface area contributed by atoms with Crippen LogP contribution in [0.3, 0.4) is 0 Å². The fourth-order valence-corrected chi connectivity index (χ4v) is 3.34. The van der Waals surface area contributed by atoms with Crippen LogP contribution in [0.4, 0.5) is 8.78 Å². The molecule has 0 radical (unpaired) electrons. The predicted molar refractivity (Wildman–Crippen MR) is 114 cm³/mol. The molecule has 0 aliphatic rings. The molecule has 0 spiro atoms. The maximum absolute atomic E-state index is 14.4. The van der Waals surface area contributed by atoms with Gasteiger partial charge >= 0.3 is 0 Å². The zero-order chi connectivity index (χ0) is 22.7. The van der Waals surface area contributed by atoms with Crippen molar-refractivity contribution in [3.63, 3.8) is 0 Å². The van der Waals surface area contributed by atoms with Gasteiger partial charge in [-0.05, 0) is 37.3 Å². The topological polar surface area (TPSA) is 77.3 Å². The van der Waals surface area contributed by atoms with E-state index < -0.39 is 17.5 Å². The molecule has 0 unspecified atom stereocenters. The lowest BCUT2D eigenvalue weighted by Crippen LogP contribution is -2.24. The smallest absolute Gasteiger partial charge is 0.257 e. The number of nitrogens with zero attached hydrogens (tertiary/aromatic N) is 2. The Labute approximate surface area is 186 Å². The van der Waals surface area contributed by atoms with Crippen LogP contribution in [0.25, 0.3) is 11.3 Å². The van der Waals surface area contributed by atoms with E-state index in [1.165, 1.54) is 42.6 Å². The van der Waals surface area contributed by atoms with Gasteiger partial charge in [-0.1, -0.05) is 35.0 Å². The summed E-state index contributed by atoms with van der Waals surface area (Å²) in [6.07, 6.45) is 1.52. The predicted octanol–water partition coefficient (Wildman–Crippen LogP) is 5.70. The average molecular weight is 456 g/mol. The standard InChI is InChI=1S/C23H16ClF2N3O3/c1-13-19(21(29-32-13)20-17(24)8-3-9-18(20)26)22(30)28-12-14-5-4-10-27-23(14)31-16-7-2-6-15(25)11-16/h2-11H,12H2,1H3,(H,28,30). The maximum atomic E-state index is 14.4. The van der Waals surface area contributed by atoms with Gasteiger partial charge in [-0.3, -0.25) is 4.79 Å². The summed E-state index contributed by atoms with van der Waals surface area (Å²) in [5.74, 6) is -0.938. The minimum atomic E-state index is -0.627. The molecule has 4 rings (SSSR count). The van der Waals surface area contributed by atoms with Gasteiger partial charge in [-0.25, -0.2) is 13.8 Å². The van der Waals surface area contributed by atoms with E-state index in [2.05, 4.69) is 15.5 Å². The Morgan fingerprint density at radius 1 is 1.16 bits per heavy atom. The van der Waals surface area contributed by atoms with Gasteiger partial charge in [0.15, 0.2) is 0 Å². The minimum Gasteiger partial charge on any atom is -0.439 e. The molecule has 2 heterocycles. The molecule has 1 N–H and O–H groups in total. The second-order valence-corrected chi connectivity index (χ2v) is 7.18. The zero-order valence-electron chi connectivity index (χ0n) is 16.7. The largest absolute Gasteiger partial charge is 0.439 e. The van der Waals surface area contributed by atoms with Crippen LogP contribution in [0.2, 0.25) is 5.02 Å². The summed E-state index contributed by atoms with van der Waals surface area (Å²) < 4.78 is 38.6. The molecule has 0 saturated carbocycles. The van der Waals surface area contributed by atoms with Crippen molar-refractivity contribution in [2.45, 2.75) is 13.5 Å². The molecule has 1 amide bonds. The van der Waals surface area contributed by atoms with Gasteiger partial charge in [0.25, 0.3) is 5.91 Å². The number of ether oxygens (including phenoxy) is 1. The minimum absolute atomic E-state index is 0.00511. The third-order valence-electron chi connectivity index (χ3n) is 4.59. The molecule has 0 saturated heterocycles. The highest BCUT2D eigenvalue weighted by Gasteiger charge is 2.25. The molecule has 2 aromatic carbocycles. The van der Waals surface area contributed by atoms with Crippen molar-refractivity contribution >= 4 is 17.5 Å². The molecular weight excluding hydrogens is 440 g/mol. The van der Waals surface area contributed by atoms with E-state index in [0.29, 0.717) is 5.56 Å². The summed E-state index contributed by atoms with van der Waals surface area (Å²) >= 11 is 6.13. The van der Waals surface area contributed by atoms with Gasteiger partial charge in [-0.15, -0.1) is 0 Å². The molecule has 9 heteroatoms. The third kappa shape index (κ3) is 4.45. The molecular formula is C23H16ClF2N3O3. The van der Waals surface area contributed by atoms with Gasteiger partial charge < -0.3 is 14.6 Å². The van der Waals surface area contributed by atoms with Gasteiger partial charge in [0, 0.05) is 24.4 Å². The number of nitrogens with one attached hydrogen (secondary N) is 1. The molecule has 0 aliphatic carbocycles. The van der Waals surface area contributed by atoms with Crippen LogP contribution in [-0.4, -0.2) is 16.0 Å². The number of hydrogen-bond acceptors (Lipinski definition) is 5. The highest BCUT2D eigenvalue weighted by atomic mass is 35.5. The first kappa shape index (κ1) is 21.5. The molecule has 0 atom stereocenters. The van der Waals surface area contributed by atoms with E-state index in [-0.39, 0.29) is 45.8 Å². The molecule has 0 aliphatic heterocycles. The summed E-state index contributed by atoms with van der Waals surface area (Å²) in [6.45, 7) is 1.58. The maximum Gasteiger partial charge on any atom is 0.257 e. The summed E-state index contributed by atoms with van der Waals surface area (Å²) in [7, 11) is 0. The average Bonchev–Trinajstić information content (AvgIpc) is 3.14. The van der Waals surface area contributed by atoms with Gasteiger partial charge in [0.2, 0.25) is 5.88 Å². The van der Waals surface area contributed by atoms with Crippen LogP contribution in [-0.2, 0) is 6.54 Å². The number of benzene rings is 2. The quantitative estimate of drug-likeness (QED) is 0.403. The highest BCUT2D eigenvalue weighted by molar-refractivity contribution is 6.33. The fourth-order valence-electron chi connectivity index (χ4n) is 3.09. The van der Waals surface area contributed by atoms with Crippen LogP contribution >= 0.6 is 11.6 Å². The van der Waals surface area contributed by atoms with Crippen molar-refractivity contribution in [3.05, 3.63) is 94.3 Å².